The summed E-state index contributed by atoms with van der Waals surface area (Å²) in [5.74, 6) is 0.739. The average Bonchev–Trinajstić information content (AvgIpc) is 2.55. The fourth-order valence-electron chi connectivity index (χ4n) is 2.40. The van der Waals surface area contributed by atoms with Gasteiger partial charge in [0, 0.05) is 25.5 Å². The van der Waals surface area contributed by atoms with Crippen molar-refractivity contribution in [1.29, 1.82) is 0 Å². The molecule has 0 amide bonds. The van der Waals surface area contributed by atoms with E-state index in [0.717, 1.165) is 23.5 Å². The molecular weight excluding hydrogens is 295 g/mol. The van der Waals surface area contributed by atoms with Gasteiger partial charge in [-0.25, -0.2) is 4.98 Å². The Balaban J connectivity index is 1.75. The average molecular weight is 309 g/mol. The van der Waals surface area contributed by atoms with Gasteiger partial charge in [0.05, 0.1) is 18.4 Å². The number of hydrogen-bond acceptors (Lipinski definition) is 4. The van der Waals surface area contributed by atoms with Gasteiger partial charge in [0.25, 0.3) is 0 Å². The van der Waals surface area contributed by atoms with Crippen molar-refractivity contribution in [3.05, 3.63) is 54.0 Å². The molecule has 1 unspecified atom stereocenters. The summed E-state index contributed by atoms with van der Waals surface area (Å²) in [6.07, 6.45) is 0.264. The Labute approximate surface area is 125 Å². The summed E-state index contributed by atoms with van der Waals surface area (Å²) in [7, 11) is 0. The third-order valence-corrected chi connectivity index (χ3v) is 3.55. The van der Waals surface area contributed by atoms with Crippen molar-refractivity contribution in [3.8, 4) is 0 Å². The van der Waals surface area contributed by atoms with E-state index in [1.165, 1.54) is 12.1 Å². The van der Waals surface area contributed by atoms with Crippen LogP contribution in [0, 0.1) is 0 Å². The van der Waals surface area contributed by atoms with Crippen LogP contribution < -0.4 is 4.90 Å². The second kappa shape index (κ2) is 5.92. The minimum absolute atomic E-state index is 0.280. The number of hydrogen-bond donors (Lipinski definition) is 0. The minimum Gasteiger partial charge on any atom is -0.370 e. The highest BCUT2D eigenvalue weighted by Gasteiger charge is 2.31. The van der Waals surface area contributed by atoms with Gasteiger partial charge in [-0.2, -0.15) is 13.2 Å². The van der Waals surface area contributed by atoms with Gasteiger partial charge < -0.3 is 9.64 Å². The molecule has 2 aromatic rings. The predicted octanol–water partition coefficient (Wildman–Crippen LogP) is 3.07. The van der Waals surface area contributed by atoms with E-state index in [-0.39, 0.29) is 6.10 Å². The van der Waals surface area contributed by atoms with Crippen LogP contribution in [0.25, 0.3) is 0 Å². The Hall–Kier alpha value is -2.15. The molecule has 4 nitrogen and oxygen atoms in total. The van der Waals surface area contributed by atoms with Crippen molar-refractivity contribution in [3.63, 3.8) is 0 Å². The number of aromatic nitrogens is 2. The van der Waals surface area contributed by atoms with E-state index in [1.54, 1.807) is 18.6 Å². The van der Waals surface area contributed by atoms with Crippen LogP contribution in [0.3, 0.4) is 0 Å². The zero-order valence-corrected chi connectivity index (χ0v) is 11.6. The van der Waals surface area contributed by atoms with Gasteiger partial charge in [-0.3, -0.25) is 4.98 Å². The normalized spacial score (nSPS) is 19.2. The highest BCUT2D eigenvalue weighted by molar-refractivity contribution is 5.37. The van der Waals surface area contributed by atoms with E-state index in [9.17, 15) is 13.2 Å². The van der Waals surface area contributed by atoms with Crippen LogP contribution in [0.15, 0.2) is 42.9 Å². The van der Waals surface area contributed by atoms with Crippen LogP contribution in [0.5, 0.6) is 0 Å². The zero-order chi connectivity index (χ0) is 15.6. The number of ether oxygens (including phenoxy) is 1. The highest BCUT2D eigenvalue weighted by Crippen LogP contribution is 2.31. The lowest BCUT2D eigenvalue weighted by molar-refractivity contribution is -0.137. The van der Waals surface area contributed by atoms with Crippen LogP contribution in [-0.2, 0) is 10.9 Å². The first-order valence-electron chi connectivity index (χ1n) is 6.84. The third kappa shape index (κ3) is 3.19. The van der Waals surface area contributed by atoms with Gasteiger partial charge in [-0.15, -0.1) is 0 Å². The molecule has 0 spiro atoms. The number of halogens is 3. The lowest BCUT2D eigenvalue weighted by Crippen LogP contribution is -2.38. The second-order valence-electron chi connectivity index (χ2n) is 4.99. The van der Waals surface area contributed by atoms with Gasteiger partial charge in [0.15, 0.2) is 0 Å². The van der Waals surface area contributed by atoms with Gasteiger partial charge in [0.1, 0.15) is 11.9 Å². The van der Waals surface area contributed by atoms with E-state index in [2.05, 4.69) is 9.97 Å². The van der Waals surface area contributed by atoms with Gasteiger partial charge in [-0.1, -0.05) is 12.1 Å². The lowest BCUT2D eigenvalue weighted by atomic mass is 10.1. The maximum atomic E-state index is 12.6. The summed E-state index contributed by atoms with van der Waals surface area (Å²) >= 11 is 0. The Morgan fingerprint density at radius 3 is 2.55 bits per heavy atom. The molecule has 2 heterocycles. The fourth-order valence-corrected chi connectivity index (χ4v) is 2.40. The van der Waals surface area contributed by atoms with Crippen LogP contribution in [0.2, 0.25) is 0 Å². The molecule has 22 heavy (non-hydrogen) atoms. The molecule has 1 aliphatic rings. The van der Waals surface area contributed by atoms with Crippen molar-refractivity contribution in [2.45, 2.75) is 12.3 Å². The SMILES string of the molecule is FC(F)(F)c1ccc(C2CN(c3cnccn3)CCO2)cc1. The molecule has 7 heteroatoms. The molecule has 3 rings (SSSR count). The minimum atomic E-state index is -4.32. The Morgan fingerprint density at radius 1 is 1.14 bits per heavy atom. The number of anilines is 1. The van der Waals surface area contributed by atoms with Crippen LogP contribution in [-0.4, -0.2) is 29.7 Å². The second-order valence-corrected chi connectivity index (χ2v) is 4.99. The van der Waals surface area contributed by atoms with Crippen molar-refractivity contribution in [2.24, 2.45) is 0 Å². The quantitative estimate of drug-likeness (QED) is 0.854. The topological polar surface area (TPSA) is 38.2 Å². The van der Waals surface area contributed by atoms with Crippen molar-refractivity contribution in [2.75, 3.05) is 24.6 Å². The Morgan fingerprint density at radius 2 is 1.91 bits per heavy atom. The first-order valence-corrected chi connectivity index (χ1v) is 6.84. The third-order valence-electron chi connectivity index (χ3n) is 3.55. The first-order chi connectivity index (χ1) is 10.5. The first kappa shape index (κ1) is 14.8. The van der Waals surface area contributed by atoms with E-state index < -0.39 is 11.7 Å². The molecular formula is C15H14F3N3O. The molecule has 1 saturated heterocycles. The maximum absolute atomic E-state index is 12.6. The molecule has 0 aliphatic carbocycles. The van der Waals surface area contributed by atoms with Gasteiger partial charge >= 0.3 is 6.18 Å². The summed E-state index contributed by atoms with van der Waals surface area (Å²) in [6.45, 7) is 1.70. The molecule has 1 aromatic heterocycles. The van der Waals surface area contributed by atoms with Gasteiger partial charge in [-0.05, 0) is 17.7 Å². The molecule has 0 bridgehead atoms. The number of nitrogens with zero attached hydrogens (tertiary/aromatic N) is 3. The van der Waals surface area contributed by atoms with E-state index >= 15 is 0 Å². The van der Waals surface area contributed by atoms with Gasteiger partial charge in [0.2, 0.25) is 0 Å². The standard InChI is InChI=1S/C15H14F3N3O/c16-15(17,18)12-3-1-11(2-4-12)13-10-21(7-8-22-13)14-9-19-5-6-20-14/h1-6,9,13H,7-8,10H2. The van der Waals surface area contributed by atoms with E-state index in [4.69, 9.17) is 4.74 Å². The number of alkyl halides is 3. The summed E-state index contributed by atoms with van der Waals surface area (Å²) in [4.78, 5) is 10.3. The van der Waals surface area contributed by atoms with Crippen LogP contribution in [0.1, 0.15) is 17.2 Å². The molecule has 1 atom stereocenters. The molecule has 0 saturated carbocycles. The molecule has 1 aromatic carbocycles. The number of morpholine rings is 1. The summed E-state index contributed by atoms with van der Waals surface area (Å²) < 4.78 is 43.4. The van der Waals surface area contributed by atoms with E-state index in [1.807, 2.05) is 4.90 Å². The molecule has 1 aliphatic heterocycles. The summed E-state index contributed by atoms with van der Waals surface area (Å²) in [5, 5.41) is 0. The fraction of sp³-hybridized carbons (Fsp3) is 0.333. The van der Waals surface area contributed by atoms with Crippen LogP contribution >= 0.6 is 0 Å². The maximum Gasteiger partial charge on any atom is 0.416 e. The Kier molecular flexibility index (Phi) is 3.98. The van der Waals surface area contributed by atoms with Crippen molar-refractivity contribution in [1.82, 2.24) is 9.97 Å². The van der Waals surface area contributed by atoms with E-state index in [0.29, 0.717) is 19.7 Å². The molecule has 0 N–H and O–H groups in total. The summed E-state index contributed by atoms with van der Waals surface area (Å²) in [6, 6.07) is 5.10. The number of benzene rings is 1. The largest absolute Gasteiger partial charge is 0.416 e. The zero-order valence-electron chi connectivity index (χ0n) is 11.6. The van der Waals surface area contributed by atoms with Crippen molar-refractivity contribution < 1.29 is 17.9 Å². The lowest BCUT2D eigenvalue weighted by Gasteiger charge is -2.33. The highest BCUT2D eigenvalue weighted by atomic mass is 19.4. The molecule has 116 valence electrons. The number of rotatable bonds is 2. The smallest absolute Gasteiger partial charge is 0.370 e. The monoisotopic (exact) mass is 309 g/mol. The molecule has 0 radical (unpaired) electrons. The van der Waals surface area contributed by atoms with Crippen LogP contribution in [0.4, 0.5) is 19.0 Å². The van der Waals surface area contributed by atoms with Crippen molar-refractivity contribution >= 4 is 5.82 Å². The predicted molar refractivity (Wildman–Crippen MR) is 74.4 cm³/mol. The summed E-state index contributed by atoms with van der Waals surface area (Å²) in [5.41, 5.74) is 0.0689. The Bertz CT molecular complexity index is 616. The molecule has 1 fully saturated rings.